The third-order valence-electron chi connectivity index (χ3n) is 4.41. The second-order valence-corrected chi connectivity index (χ2v) is 6.79. The summed E-state index contributed by atoms with van der Waals surface area (Å²) in [4.78, 5) is 46.0. The van der Waals surface area contributed by atoms with Crippen molar-refractivity contribution in [2.24, 2.45) is 11.7 Å². The summed E-state index contributed by atoms with van der Waals surface area (Å²) in [5, 5.41) is 0. The van der Waals surface area contributed by atoms with E-state index >= 15 is 0 Å². The number of nitrogens with zero attached hydrogens (tertiary/aromatic N) is 3. The Balaban J connectivity index is 2.05. The van der Waals surface area contributed by atoms with Crippen LogP contribution in [0, 0.1) is 5.92 Å². The molecule has 160 valence electrons. The molecule has 2 heterocycles. The van der Waals surface area contributed by atoms with E-state index in [1.165, 1.54) is 6.33 Å². The molecule has 0 aromatic carbocycles. The Hall–Kier alpha value is -2.95. The monoisotopic (exact) mass is 408 g/mol. The van der Waals surface area contributed by atoms with Crippen molar-refractivity contribution >= 4 is 29.1 Å². The molecule has 0 aliphatic rings. The topological polar surface area (TPSA) is 168 Å². The number of rotatable bonds is 11. The molecule has 0 aliphatic carbocycles. The molecule has 11 heteroatoms. The lowest BCUT2D eigenvalue weighted by molar-refractivity contribution is -0.150. The van der Waals surface area contributed by atoms with Crippen molar-refractivity contribution < 1.29 is 19.1 Å². The van der Waals surface area contributed by atoms with Crippen LogP contribution < -0.4 is 17.0 Å². The molecule has 0 fully saturated rings. The van der Waals surface area contributed by atoms with Crippen LogP contribution in [-0.2, 0) is 25.6 Å². The van der Waals surface area contributed by atoms with Gasteiger partial charge in [-0.1, -0.05) is 13.8 Å². The largest absolute Gasteiger partial charge is 0.465 e. The molecule has 0 saturated heterocycles. The molecule has 1 unspecified atom stereocenters. The van der Waals surface area contributed by atoms with E-state index in [1.54, 1.807) is 11.5 Å². The minimum Gasteiger partial charge on any atom is -0.465 e. The summed E-state index contributed by atoms with van der Waals surface area (Å²) in [5.41, 5.74) is 11.4. The highest BCUT2D eigenvalue weighted by atomic mass is 16.5. The van der Waals surface area contributed by atoms with Crippen LogP contribution in [0.5, 0.6) is 0 Å². The molecule has 2 aromatic heterocycles. The van der Waals surface area contributed by atoms with Crippen LogP contribution in [0.2, 0.25) is 0 Å². The zero-order valence-electron chi connectivity index (χ0n) is 16.7. The van der Waals surface area contributed by atoms with Crippen LogP contribution in [0.1, 0.15) is 39.5 Å². The van der Waals surface area contributed by atoms with E-state index in [4.69, 9.17) is 20.9 Å². The van der Waals surface area contributed by atoms with Gasteiger partial charge in [-0.05, 0) is 19.3 Å². The first-order valence-corrected chi connectivity index (χ1v) is 9.64. The first kappa shape index (κ1) is 22.3. The SMILES string of the molecule is CCCC(=O)OCC(CCn1cnc2c(=O)[nH]c(N)nc21)COC(=O)[C@@H](N)CC. The van der Waals surface area contributed by atoms with Crippen LogP contribution in [-0.4, -0.2) is 50.7 Å². The molecule has 0 aliphatic heterocycles. The number of hydrogen-bond acceptors (Lipinski definition) is 9. The van der Waals surface area contributed by atoms with E-state index in [1.807, 2.05) is 6.92 Å². The van der Waals surface area contributed by atoms with Crippen LogP contribution in [0.15, 0.2) is 11.1 Å². The fraction of sp³-hybridized carbons (Fsp3) is 0.611. The molecule has 0 amide bonds. The molecule has 2 rings (SSSR count). The second-order valence-electron chi connectivity index (χ2n) is 6.79. The summed E-state index contributed by atoms with van der Waals surface area (Å²) in [7, 11) is 0. The van der Waals surface area contributed by atoms with Crippen molar-refractivity contribution in [2.45, 2.75) is 52.1 Å². The number of anilines is 1. The van der Waals surface area contributed by atoms with Crippen molar-refractivity contribution in [2.75, 3.05) is 18.9 Å². The van der Waals surface area contributed by atoms with Crippen molar-refractivity contribution in [3.05, 3.63) is 16.7 Å². The highest BCUT2D eigenvalue weighted by Gasteiger charge is 2.19. The normalized spacial score (nSPS) is 13.2. The number of carbonyl (C=O) groups is 2. The maximum Gasteiger partial charge on any atom is 0.322 e. The molecule has 2 aromatic rings. The molecule has 0 bridgehead atoms. The second kappa shape index (κ2) is 10.6. The van der Waals surface area contributed by atoms with Gasteiger partial charge in [-0.15, -0.1) is 0 Å². The molecule has 0 saturated carbocycles. The zero-order valence-corrected chi connectivity index (χ0v) is 16.7. The Morgan fingerprint density at radius 3 is 2.69 bits per heavy atom. The number of nitrogens with one attached hydrogen (secondary N) is 1. The summed E-state index contributed by atoms with van der Waals surface area (Å²) in [5.74, 6) is -1.05. The number of imidazole rings is 1. The predicted octanol–water partition coefficient (Wildman–Crippen LogP) is 0.332. The number of nitrogens with two attached hydrogens (primary N) is 2. The van der Waals surface area contributed by atoms with Crippen LogP contribution in [0.3, 0.4) is 0 Å². The van der Waals surface area contributed by atoms with Crippen LogP contribution in [0.25, 0.3) is 11.2 Å². The molecule has 11 nitrogen and oxygen atoms in total. The lowest BCUT2D eigenvalue weighted by atomic mass is 10.1. The van der Waals surface area contributed by atoms with E-state index in [0.29, 0.717) is 37.9 Å². The number of H-pyrrole nitrogens is 1. The van der Waals surface area contributed by atoms with E-state index < -0.39 is 17.6 Å². The number of esters is 2. The average molecular weight is 408 g/mol. The average Bonchev–Trinajstić information content (AvgIpc) is 3.09. The summed E-state index contributed by atoms with van der Waals surface area (Å²) in [6, 6.07) is -0.685. The highest BCUT2D eigenvalue weighted by Crippen LogP contribution is 2.13. The lowest BCUT2D eigenvalue weighted by Gasteiger charge is -2.18. The molecule has 0 spiro atoms. The Bertz CT molecular complexity index is 892. The number of aromatic amines is 1. The van der Waals surface area contributed by atoms with Crippen molar-refractivity contribution in [1.29, 1.82) is 0 Å². The van der Waals surface area contributed by atoms with Gasteiger partial charge in [-0.3, -0.25) is 19.4 Å². The van der Waals surface area contributed by atoms with Gasteiger partial charge >= 0.3 is 11.9 Å². The van der Waals surface area contributed by atoms with Crippen molar-refractivity contribution in [1.82, 2.24) is 19.5 Å². The standard InChI is InChI=1S/C18H28N6O5/c1-3-5-13(25)28-8-11(9-29-17(27)12(19)4-2)6-7-24-10-21-14-15(24)22-18(20)23-16(14)26/h10-12H,3-9,19H2,1-2H3,(H3,20,22,23,26)/t11?,12-/m0/s1. The number of hydrogen-bond donors (Lipinski definition) is 3. The number of aromatic nitrogens is 4. The predicted molar refractivity (Wildman–Crippen MR) is 106 cm³/mol. The number of nitrogen functional groups attached to an aromatic ring is 1. The molecule has 29 heavy (non-hydrogen) atoms. The minimum atomic E-state index is -0.685. The Morgan fingerprint density at radius 1 is 1.28 bits per heavy atom. The molecule has 0 radical (unpaired) electrons. The Kier molecular flexibility index (Phi) is 8.13. The Labute approximate surface area is 167 Å². The maximum atomic E-state index is 11.9. The van der Waals surface area contributed by atoms with Gasteiger partial charge in [-0.25, -0.2) is 4.98 Å². The summed E-state index contributed by atoms with van der Waals surface area (Å²) in [6.45, 7) is 4.27. The zero-order chi connectivity index (χ0) is 21.4. The van der Waals surface area contributed by atoms with Gasteiger partial charge in [0.2, 0.25) is 5.95 Å². The van der Waals surface area contributed by atoms with Crippen molar-refractivity contribution in [3.8, 4) is 0 Å². The highest BCUT2D eigenvalue weighted by molar-refractivity contribution is 5.75. The lowest BCUT2D eigenvalue weighted by Crippen LogP contribution is -2.33. The molecule has 2 atom stereocenters. The van der Waals surface area contributed by atoms with Gasteiger partial charge in [0, 0.05) is 18.9 Å². The number of fused-ring (bicyclic) bond motifs is 1. The third kappa shape index (κ3) is 6.28. The minimum absolute atomic E-state index is 0.00298. The van der Waals surface area contributed by atoms with Crippen LogP contribution >= 0.6 is 0 Å². The maximum absolute atomic E-state index is 11.9. The van der Waals surface area contributed by atoms with E-state index in [0.717, 1.165) is 0 Å². The first-order valence-electron chi connectivity index (χ1n) is 9.64. The fourth-order valence-electron chi connectivity index (χ4n) is 2.63. The summed E-state index contributed by atoms with van der Waals surface area (Å²) < 4.78 is 12.2. The van der Waals surface area contributed by atoms with E-state index in [-0.39, 0.29) is 36.6 Å². The third-order valence-corrected chi connectivity index (χ3v) is 4.41. The fourth-order valence-corrected chi connectivity index (χ4v) is 2.63. The molecular weight excluding hydrogens is 380 g/mol. The number of carbonyl (C=O) groups excluding carboxylic acids is 2. The number of ether oxygens (including phenoxy) is 2. The summed E-state index contributed by atoms with van der Waals surface area (Å²) in [6.07, 6.45) is 3.47. The van der Waals surface area contributed by atoms with Crippen molar-refractivity contribution in [3.63, 3.8) is 0 Å². The van der Waals surface area contributed by atoms with E-state index in [9.17, 15) is 14.4 Å². The van der Waals surface area contributed by atoms with Crippen LogP contribution in [0.4, 0.5) is 5.95 Å². The van der Waals surface area contributed by atoms with Gasteiger partial charge in [0.05, 0.1) is 19.5 Å². The Morgan fingerprint density at radius 2 is 2.00 bits per heavy atom. The number of aryl methyl sites for hydroxylation is 1. The first-order chi connectivity index (χ1) is 13.8. The van der Waals surface area contributed by atoms with Gasteiger partial charge in [0.15, 0.2) is 11.2 Å². The quantitative estimate of drug-likeness (QED) is 0.444. The van der Waals surface area contributed by atoms with Gasteiger partial charge in [0.1, 0.15) is 6.04 Å². The summed E-state index contributed by atoms with van der Waals surface area (Å²) >= 11 is 0. The van der Waals surface area contributed by atoms with E-state index in [2.05, 4.69) is 15.0 Å². The van der Waals surface area contributed by atoms with Gasteiger partial charge in [0.25, 0.3) is 5.56 Å². The van der Waals surface area contributed by atoms with Gasteiger partial charge < -0.3 is 25.5 Å². The van der Waals surface area contributed by atoms with Gasteiger partial charge in [-0.2, -0.15) is 4.98 Å². The molecule has 5 N–H and O–H groups in total. The molecular formula is C18H28N6O5. The smallest absolute Gasteiger partial charge is 0.322 e.